The zero-order valence-electron chi connectivity index (χ0n) is 8.96. The third-order valence-electron chi connectivity index (χ3n) is 2.71. The highest BCUT2D eigenvalue weighted by Gasteiger charge is 2.11. The molecule has 16 heavy (non-hydrogen) atoms. The van der Waals surface area contributed by atoms with Gasteiger partial charge in [0, 0.05) is 11.6 Å². The molecule has 1 heterocycles. The van der Waals surface area contributed by atoms with Gasteiger partial charge in [0.25, 0.3) is 0 Å². The Morgan fingerprint density at radius 3 is 3.00 bits per heavy atom. The number of aldehydes is 1. The molecule has 0 aliphatic rings. The van der Waals surface area contributed by atoms with Crippen molar-refractivity contribution in [3.63, 3.8) is 0 Å². The smallest absolute Gasteiger partial charge is 0.137 e. The van der Waals surface area contributed by atoms with Gasteiger partial charge < -0.3 is 15.5 Å². The van der Waals surface area contributed by atoms with E-state index in [-0.39, 0.29) is 0 Å². The van der Waals surface area contributed by atoms with E-state index in [1.807, 2.05) is 25.3 Å². The number of aryl methyl sites for hydroxylation is 1. The van der Waals surface area contributed by atoms with Crippen molar-refractivity contribution in [3.8, 4) is 0 Å². The van der Waals surface area contributed by atoms with Gasteiger partial charge in [0.1, 0.15) is 6.29 Å². The molecule has 2 aromatic rings. The summed E-state index contributed by atoms with van der Waals surface area (Å²) in [5, 5.41) is 1.66. The monoisotopic (exact) mass is 236 g/mol. The average Bonchev–Trinajstić information content (AvgIpc) is 2.68. The Balaban J connectivity index is 2.55. The summed E-state index contributed by atoms with van der Waals surface area (Å²) in [5.74, 6) is 0. The minimum absolute atomic E-state index is 0.476. The second kappa shape index (κ2) is 4.28. The molecule has 3 nitrogen and oxygen atoms in total. The Bertz CT molecular complexity index is 533. The number of nitrogens with one attached hydrogen (secondary N) is 1. The van der Waals surface area contributed by atoms with Crippen molar-refractivity contribution in [2.45, 2.75) is 19.4 Å². The van der Waals surface area contributed by atoms with Gasteiger partial charge in [-0.15, -0.1) is 0 Å². The first-order valence-electron chi connectivity index (χ1n) is 5.09. The molecule has 84 valence electrons. The largest absolute Gasteiger partial charge is 0.361 e. The molecule has 4 heteroatoms. The first kappa shape index (κ1) is 11.2. The molecule has 0 amide bonds. The highest BCUT2D eigenvalue weighted by molar-refractivity contribution is 6.35. The maximum absolute atomic E-state index is 10.6. The highest BCUT2D eigenvalue weighted by Crippen LogP contribution is 2.29. The molecule has 0 aliphatic carbocycles. The lowest BCUT2D eigenvalue weighted by Gasteiger charge is -2.04. The maximum Gasteiger partial charge on any atom is 0.137 e. The van der Waals surface area contributed by atoms with Crippen LogP contribution in [0.3, 0.4) is 0 Å². The summed E-state index contributed by atoms with van der Waals surface area (Å²) in [7, 11) is 0. The van der Waals surface area contributed by atoms with Crippen molar-refractivity contribution in [1.82, 2.24) is 4.98 Å². The van der Waals surface area contributed by atoms with Crippen LogP contribution in [0.2, 0.25) is 5.02 Å². The quantitative estimate of drug-likeness (QED) is 0.803. The number of H-pyrrole nitrogens is 1. The normalized spacial score (nSPS) is 12.9. The van der Waals surface area contributed by atoms with Crippen LogP contribution < -0.4 is 5.73 Å². The van der Waals surface area contributed by atoms with Crippen LogP contribution >= 0.6 is 11.6 Å². The van der Waals surface area contributed by atoms with Crippen molar-refractivity contribution >= 4 is 28.8 Å². The van der Waals surface area contributed by atoms with Crippen LogP contribution in [-0.2, 0) is 11.2 Å². The first-order chi connectivity index (χ1) is 7.63. The van der Waals surface area contributed by atoms with Crippen molar-refractivity contribution in [2.24, 2.45) is 5.73 Å². The topological polar surface area (TPSA) is 58.9 Å². The van der Waals surface area contributed by atoms with Crippen molar-refractivity contribution in [1.29, 1.82) is 0 Å². The Morgan fingerprint density at radius 2 is 2.31 bits per heavy atom. The minimum atomic E-state index is -0.476. The minimum Gasteiger partial charge on any atom is -0.361 e. The van der Waals surface area contributed by atoms with E-state index in [9.17, 15) is 4.79 Å². The summed E-state index contributed by atoms with van der Waals surface area (Å²) in [6.45, 7) is 2.01. The second-order valence-electron chi connectivity index (χ2n) is 3.93. The van der Waals surface area contributed by atoms with Gasteiger partial charge >= 0.3 is 0 Å². The highest BCUT2D eigenvalue weighted by atomic mass is 35.5. The molecular formula is C12H13ClN2O. The van der Waals surface area contributed by atoms with Gasteiger partial charge in [0.2, 0.25) is 0 Å². The summed E-state index contributed by atoms with van der Waals surface area (Å²) >= 11 is 6.15. The second-order valence-corrected chi connectivity index (χ2v) is 4.34. The van der Waals surface area contributed by atoms with Gasteiger partial charge in [-0.3, -0.25) is 0 Å². The van der Waals surface area contributed by atoms with Gasteiger partial charge in [-0.05, 0) is 30.5 Å². The van der Waals surface area contributed by atoms with Crippen LogP contribution in [0.5, 0.6) is 0 Å². The SMILES string of the molecule is Cc1ccc(Cl)c2c(C[C@H](N)C=O)c[nH]c12. The molecule has 0 bridgehead atoms. The van der Waals surface area contributed by atoms with E-state index in [0.29, 0.717) is 11.4 Å². The molecule has 0 saturated carbocycles. The molecule has 3 N–H and O–H groups in total. The summed E-state index contributed by atoms with van der Waals surface area (Å²) in [4.78, 5) is 13.7. The molecule has 0 fully saturated rings. The third-order valence-corrected chi connectivity index (χ3v) is 3.02. The van der Waals surface area contributed by atoms with Crippen LogP contribution in [0.15, 0.2) is 18.3 Å². The van der Waals surface area contributed by atoms with Gasteiger partial charge in [-0.2, -0.15) is 0 Å². The van der Waals surface area contributed by atoms with Crippen molar-refractivity contribution in [2.75, 3.05) is 0 Å². The first-order valence-corrected chi connectivity index (χ1v) is 5.47. The lowest BCUT2D eigenvalue weighted by atomic mass is 10.0. The fraction of sp³-hybridized carbons (Fsp3) is 0.250. The number of carbonyl (C=O) groups is 1. The van der Waals surface area contributed by atoms with E-state index in [4.69, 9.17) is 17.3 Å². The summed E-state index contributed by atoms with van der Waals surface area (Å²) < 4.78 is 0. The van der Waals surface area contributed by atoms with Crippen LogP contribution in [0, 0.1) is 6.92 Å². The molecule has 0 unspecified atom stereocenters. The third kappa shape index (κ3) is 1.84. The number of carbonyl (C=O) groups excluding carboxylic acids is 1. The van der Waals surface area contributed by atoms with Gasteiger partial charge in [0.15, 0.2) is 0 Å². The van der Waals surface area contributed by atoms with Crippen molar-refractivity contribution in [3.05, 3.63) is 34.5 Å². The van der Waals surface area contributed by atoms with E-state index in [0.717, 1.165) is 28.3 Å². The number of halogens is 1. The van der Waals surface area contributed by atoms with E-state index in [2.05, 4.69) is 4.98 Å². The number of rotatable bonds is 3. The molecule has 1 aromatic carbocycles. The number of fused-ring (bicyclic) bond motifs is 1. The number of hydrogen-bond acceptors (Lipinski definition) is 2. The molecule has 1 aromatic heterocycles. The summed E-state index contributed by atoms with van der Waals surface area (Å²) in [6, 6.07) is 3.35. The maximum atomic E-state index is 10.6. The standard InChI is InChI=1S/C12H13ClN2O/c1-7-2-3-10(13)11-8(4-9(14)6-16)5-15-12(7)11/h2-3,5-6,9,15H,4,14H2,1H3/t9-/m0/s1. The number of aromatic nitrogens is 1. The van der Waals surface area contributed by atoms with Crippen molar-refractivity contribution < 1.29 is 4.79 Å². The Kier molecular flexibility index (Phi) is 2.99. The molecule has 2 rings (SSSR count). The number of hydrogen-bond donors (Lipinski definition) is 2. The zero-order chi connectivity index (χ0) is 11.7. The molecule has 0 radical (unpaired) electrons. The van der Waals surface area contributed by atoms with E-state index in [1.54, 1.807) is 0 Å². The number of aromatic amines is 1. The lowest BCUT2D eigenvalue weighted by Crippen LogP contribution is -2.23. The lowest BCUT2D eigenvalue weighted by molar-refractivity contribution is -0.108. The van der Waals surface area contributed by atoms with Gasteiger partial charge in [0.05, 0.1) is 16.6 Å². The fourth-order valence-electron chi connectivity index (χ4n) is 1.88. The number of benzene rings is 1. The zero-order valence-corrected chi connectivity index (χ0v) is 9.71. The molecular weight excluding hydrogens is 224 g/mol. The average molecular weight is 237 g/mol. The van der Waals surface area contributed by atoms with Gasteiger partial charge in [-0.1, -0.05) is 17.7 Å². The predicted octanol–water partition coefficient (Wildman–Crippen LogP) is 2.20. The van der Waals surface area contributed by atoms with Crippen LogP contribution in [0.25, 0.3) is 10.9 Å². The number of nitrogens with two attached hydrogens (primary N) is 1. The van der Waals surface area contributed by atoms with E-state index < -0.39 is 6.04 Å². The van der Waals surface area contributed by atoms with Crippen LogP contribution in [0.4, 0.5) is 0 Å². The summed E-state index contributed by atoms with van der Waals surface area (Å²) in [6.07, 6.45) is 3.13. The van der Waals surface area contributed by atoms with Gasteiger partial charge in [-0.25, -0.2) is 0 Å². The van der Waals surface area contributed by atoms with E-state index in [1.165, 1.54) is 0 Å². The molecule has 1 atom stereocenters. The molecule has 0 aliphatic heterocycles. The van der Waals surface area contributed by atoms with Crippen LogP contribution in [0.1, 0.15) is 11.1 Å². The summed E-state index contributed by atoms with van der Waals surface area (Å²) in [5.41, 5.74) is 8.75. The Hall–Kier alpha value is -1.32. The Labute approximate surface area is 98.6 Å². The van der Waals surface area contributed by atoms with E-state index >= 15 is 0 Å². The van der Waals surface area contributed by atoms with Crippen LogP contribution in [-0.4, -0.2) is 17.3 Å². The predicted molar refractivity (Wildman–Crippen MR) is 65.8 cm³/mol. The molecule has 0 saturated heterocycles. The Morgan fingerprint density at radius 1 is 1.56 bits per heavy atom. The molecule has 0 spiro atoms. The fourth-order valence-corrected chi connectivity index (χ4v) is 2.15.